The fourth-order valence-electron chi connectivity index (χ4n) is 3.68. The number of rotatable bonds is 4. The van der Waals surface area contributed by atoms with Gasteiger partial charge in [-0.3, -0.25) is 4.79 Å². The Morgan fingerprint density at radius 2 is 1.87 bits per heavy atom. The van der Waals surface area contributed by atoms with Gasteiger partial charge in [-0.1, -0.05) is 54.2 Å². The van der Waals surface area contributed by atoms with Crippen LogP contribution in [0, 0.1) is 0 Å². The summed E-state index contributed by atoms with van der Waals surface area (Å²) in [5.41, 5.74) is 2.54. The minimum absolute atomic E-state index is 0.0848. The summed E-state index contributed by atoms with van der Waals surface area (Å²) in [5, 5.41) is 3.10. The van der Waals surface area contributed by atoms with Crippen molar-refractivity contribution < 1.29 is 18.0 Å². The van der Waals surface area contributed by atoms with Gasteiger partial charge in [0, 0.05) is 5.39 Å². The Balaban J connectivity index is 1.56. The molecule has 1 aliphatic rings. The molecule has 8 heteroatoms. The Kier molecular flexibility index (Phi) is 5.69. The molecule has 0 unspecified atom stereocenters. The highest BCUT2D eigenvalue weighted by Crippen LogP contribution is 2.34. The minimum atomic E-state index is -4.66. The van der Waals surface area contributed by atoms with Crippen molar-refractivity contribution in [2.24, 2.45) is 0 Å². The van der Waals surface area contributed by atoms with Gasteiger partial charge < -0.3 is 5.32 Å². The molecule has 2 aromatic carbocycles. The van der Waals surface area contributed by atoms with Crippen molar-refractivity contribution in [1.29, 1.82) is 0 Å². The van der Waals surface area contributed by atoms with E-state index in [2.05, 4.69) is 21.4 Å². The van der Waals surface area contributed by atoms with Crippen molar-refractivity contribution in [3.8, 4) is 0 Å². The molecule has 4 nitrogen and oxygen atoms in total. The first-order valence-corrected chi connectivity index (χ1v) is 10.6. The molecule has 30 heavy (non-hydrogen) atoms. The number of aryl methyl sites for hydroxylation is 1. The summed E-state index contributed by atoms with van der Waals surface area (Å²) in [4.78, 5) is 20.2. The zero-order valence-electron chi connectivity index (χ0n) is 16.2. The normalized spacial score (nSPS) is 17.4. The van der Waals surface area contributed by atoms with Crippen LogP contribution in [0.15, 0.2) is 53.6 Å². The second-order valence-electron chi connectivity index (χ2n) is 7.28. The van der Waals surface area contributed by atoms with Gasteiger partial charge in [-0.2, -0.15) is 13.2 Å². The minimum Gasteiger partial charge on any atom is -0.348 e. The standard InChI is InChI=1S/C22H20F3N3OS/c1-13(19(29)26-17-12-6-8-14-7-2-3-9-15(14)17)30-20-16-10-4-5-11-18(16)27-21(28-20)22(23,24)25/h2-5,7,9-11,13,17H,6,8,12H2,1H3,(H,26,29)/t13-,17+/m0/s1. The number of halogens is 3. The summed E-state index contributed by atoms with van der Waals surface area (Å²) in [5.74, 6) is -1.42. The molecular formula is C22H20F3N3OS. The maximum Gasteiger partial charge on any atom is 0.451 e. The lowest BCUT2D eigenvalue weighted by Crippen LogP contribution is -2.36. The summed E-state index contributed by atoms with van der Waals surface area (Å²) in [7, 11) is 0. The van der Waals surface area contributed by atoms with Crippen molar-refractivity contribution in [2.45, 2.75) is 48.7 Å². The number of carbonyl (C=O) groups is 1. The quantitative estimate of drug-likeness (QED) is 0.449. The molecule has 0 radical (unpaired) electrons. The van der Waals surface area contributed by atoms with Gasteiger partial charge in [0.2, 0.25) is 11.7 Å². The molecule has 0 bridgehead atoms. The number of alkyl halides is 3. The zero-order chi connectivity index (χ0) is 21.3. The summed E-state index contributed by atoms with van der Waals surface area (Å²) in [6.07, 6.45) is -1.85. The highest BCUT2D eigenvalue weighted by molar-refractivity contribution is 8.00. The van der Waals surface area contributed by atoms with Gasteiger partial charge in [0.25, 0.3) is 0 Å². The Labute approximate surface area is 176 Å². The van der Waals surface area contributed by atoms with Gasteiger partial charge in [0.1, 0.15) is 5.03 Å². The molecule has 156 valence electrons. The Morgan fingerprint density at radius 1 is 1.13 bits per heavy atom. The molecule has 1 aliphatic carbocycles. The van der Waals surface area contributed by atoms with Crippen LogP contribution in [-0.4, -0.2) is 21.1 Å². The maximum absolute atomic E-state index is 13.2. The van der Waals surface area contributed by atoms with Crippen LogP contribution in [0.4, 0.5) is 13.2 Å². The molecule has 0 spiro atoms. The third-order valence-corrected chi connectivity index (χ3v) is 6.27. The Morgan fingerprint density at radius 3 is 2.67 bits per heavy atom. The zero-order valence-corrected chi connectivity index (χ0v) is 17.1. The number of aromatic nitrogens is 2. The van der Waals surface area contributed by atoms with Gasteiger partial charge in [-0.05, 0) is 43.4 Å². The Bertz CT molecular complexity index is 1090. The van der Waals surface area contributed by atoms with Crippen LogP contribution in [0.25, 0.3) is 10.9 Å². The van der Waals surface area contributed by atoms with Gasteiger partial charge >= 0.3 is 6.18 Å². The largest absolute Gasteiger partial charge is 0.451 e. The highest BCUT2D eigenvalue weighted by Gasteiger charge is 2.36. The predicted octanol–water partition coefficient (Wildman–Crippen LogP) is 5.32. The van der Waals surface area contributed by atoms with Crippen LogP contribution in [-0.2, 0) is 17.4 Å². The molecule has 1 N–H and O–H groups in total. The van der Waals surface area contributed by atoms with Crippen molar-refractivity contribution in [3.05, 3.63) is 65.5 Å². The molecule has 0 fully saturated rings. The van der Waals surface area contributed by atoms with Gasteiger partial charge in [0.05, 0.1) is 16.8 Å². The number of hydrogen-bond acceptors (Lipinski definition) is 4. The van der Waals surface area contributed by atoms with E-state index < -0.39 is 17.3 Å². The van der Waals surface area contributed by atoms with E-state index in [1.54, 1.807) is 25.1 Å². The number of benzene rings is 2. The lowest BCUT2D eigenvalue weighted by molar-refractivity contribution is -0.145. The van der Waals surface area contributed by atoms with Crippen molar-refractivity contribution in [2.75, 3.05) is 0 Å². The van der Waals surface area contributed by atoms with Crippen LogP contribution in [0.2, 0.25) is 0 Å². The number of nitrogens with one attached hydrogen (secondary N) is 1. The molecule has 0 saturated heterocycles. The fraction of sp³-hybridized carbons (Fsp3) is 0.318. The number of nitrogens with zero attached hydrogens (tertiary/aromatic N) is 2. The Hall–Kier alpha value is -2.61. The lowest BCUT2D eigenvalue weighted by atomic mass is 9.88. The van der Waals surface area contributed by atoms with Gasteiger partial charge in [-0.15, -0.1) is 0 Å². The van der Waals surface area contributed by atoms with Crippen LogP contribution in [0.1, 0.15) is 42.8 Å². The monoisotopic (exact) mass is 431 g/mol. The highest BCUT2D eigenvalue weighted by atomic mass is 32.2. The lowest BCUT2D eigenvalue weighted by Gasteiger charge is -2.27. The first-order chi connectivity index (χ1) is 14.3. The van der Waals surface area contributed by atoms with Crippen molar-refractivity contribution in [1.82, 2.24) is 15.3 Å². The SMILES string of the molecule is C[C@H](Sc1nc(C(F)(F)F)nc2ccccc12)C(=O)N[C@@H]1CCCc2ccccc21. The maximum atomic E-state index is 13.2. The molecule has 3 aromatic rings. The third-order valence-electron chi connectivity index (χ3n) is 5.17. The third kappa shape index (κ3) is 4.28. The fourth-order valence-corrected chi connectivity index (χ4v) is 4.63. The molecule has 1 heterocycles. The number of thioether (sulfide) groups is 1. The number of para-hydroxylation sites is 1. The molecule has 1 aromatic heterocycles. The molecule has 2 atom stereocenters. The van der Waals surface area contributed by atoms with Crippen LogP contribution in [0.5, 0.6) is 0 Å². The van der Waals surface area contributed by atoms with E-state index in [-0.39, 0.29) is 22.5 Å². The summed E-state index contributed by atoms with van der Waals surface area (Å²) < 4.78 is 39.7. The van der Waals surface area contributed by atoms with Gasteiger partial charge in [-0.25, -0.2) is 9.97 Å². The van der Waals surface area contributed by atoms with E-state index in [1.807, 2.05) is 18.2 Å². The average Bonchev–Trinajstić information content (AvgIpc) is 2.73. The molecule has 1 amide bonds. The average molecular weight is 431 g/mol. The topological polar surface area (TPSA) is 54.9 Å². The van der Waals surface area contributed by atoms with E-state index in [0.29, 0.717) is 5.39 Å². The summed E-state index contributed by atoms with van der Waals surface area (Å²) in [6, 6.07) is 14.5. The van der Waals surface area contributed by atoms with Crippen LogP contribution >= 0.6 is 11.8 Å². The van der Waals surface area contributed by atoms with Crippen LogP contribution < -0.4 is 5.32 Å². The number of fused-ring (bicyclic) bond motifs is 2. The predicted molar refractivity (Wildman–Crippen MR) is 110 cm³/mol. The second kappa shape index (κ2) is 8.26. The molecular weight excluding hydrogens is 411 g/mol. The smallest absolute Gasteiger partial charge is 0.348 e. The second-order valence-corrected chi connectivity index (χ2v) is 8.61. The summed E-state index contributed by atoms with van der Waals surface area (Å²) in [6.45, 7) is 1.68. The van der Waals surface area contributed by atoms with Crippen molar-refractivity contribution >= 4 is 28.6 Å². The number of amides is 1. The van der Waals surface area contributed by atoms with E-state index >= 15 is 0 Å². The van der Waals surface area contributed by atoms with Crippen molar-refractivity contribution in [3.63, 3.8) is 0 Å². The number of carbonyl (C=O) groups excluding carboxylic acids is 1. The molecule has 4 rings (SSSR count). The first-order valence-electron chi connectivity index (χ1n) is 9.72. The first kappa shape index (κ1) is 20.7. The van der Waals surface area contributed by atoms with E-state index in [1.165, 1.54) is 11.6 Å². The van der Waals surface area contributed by atoms with E-state index in [0.717, 1.165) is 36.6 Å². The van der Waals surface area contributed by atoms with E-state index in [9.17, 15) is 18.0 Å². The number of hydrogen-bond donors (Lipinski definition) is 1. The van der Waals surface area contributed by atoms with E-state index in [4.69, 9.17) is 0 Å². The van der Waals surface area contributed by atoms with Gasteiger partial charge in [0.15, 0.2) is 0 Å². The van der Waals surface area contributed by atoms with Crippen LogP contribution in [0.3, 0.4) is 0 Å². The molecule has 0 saturated carbocycles. The molecule has 0 aliphatic heterocycles. The summed E-state index contributed by atoms with van der Waals surface area (Å²) >= 11 is 1.02.